The third kappa shape index (κ3) is 2.41. The highest BCUT2D eigenvalue weighted by atomic mass is 16.4. The molecule has 0 amide bonds. The van der Waals surface area contributed by atoms with Gasteiger partial charge in [0.15, 0.2) is 0 Å². The second-order valence-corrected chi connectivity index (χ2v) is 3.28. The van der Waals surface area contributed by atoms with E-state index in [-0.39, 0.29) is 0 Å². The smallest absolute Gasteiger partial charge is 0.236 e. The van der Waals surface area contributed by atoms with Gasteiger partial charge in [-0.2, -0.15) is 0 Å². The van der Waals surface area contributed by atoms with Crippen LogP contribution < -0.4 is 5.32 Å². The SMILES string of the molecule is CNCc1cn(Cc2nnc(C)o2)cn1. The van der Waals surface area contributed by atoms with Crippen LogP contribution in [-0.4, -0.2) is 26.8 Å². The molecule has 0 aliphatic carbocycles. The molecular formula is C9H13N5O. The molecule has 6 heteroatoms. The number of imidazole rings is 1. The van der Waals surface area contributed by atoms with Crippen molar-refractivity contribution in [2.45, 2.75) is 20.0 Å². The zero-order valence-corrected chi connectivity index (χ0v) is 8.77. The lowest BCUT2D eigenvalue weighted by molar-refractivity contribution is 0.454. The predicted octanol–water partition coefficient (Wildman–Crippen LogP) is 0.342. The molecule has 0 fully saturated rings. The molecular weight excluding hydrogens is 194 g/mol. The molecule has 2 aromatic heterocycles. The van der Waals surface area contributed by atoms with Gasteiger partial charge in [0, 0.05) is 19.7 Å². The quantitative estimate of drug-likeness (QED) is 0.783. The van der Waals surface area contributed by atoms with Crippen LogP contribution in [0.2, 0.25) is 0 Å². The third-order valence-electron chi connectivity index (χ3n) is 1.93. The number of hydrogen-bond donors (Lipinski definition) is 1. The molecule has 6 nitrogen and oxygen atoms in total. The monoisotopic (exact) mass is 207 g/mol. The zero-order valence-electron chi connectivity index (χ0n) is 8.77. The number of aromatic nitrogens is 4. The molecule has 15 heavy (non-hydrogen) atoms. The second kappa shape index (κ2) is 4.22. The van der Waals surface area contributed by atoms with E-state index in [4.69, 9.17) is 4.42 Å². The maximum absolute atomic E-state index is 5.27. The molecule has 0 aliphatic rings. The van der Waals surface area contributed by atoms with E-state index in [9.17, 15) is 0 Å². The van der Waals surface area contributed by atoms with Crippen LogP contribution in [0, 0.1) is 6.92 Å². The Balaban J connectivity index is 2.04. The highest BCUT2D eigenvalue weighted by molar-refractivity contribution is 4.97. The fourth-order valence-electron chi connectivity index (χ4n) is 1.32. The molecule has 0 aromatic carbocycles. The highest BCUT2D eigenvalue weighted by Gasteiger charge is 2.04. The van der Waals surface area contributed by atoms with E-state index >= 15 is 0 Å². The summed E-state index contributed by atoms with van der Waals surface area (Å²) in [5.74, 6) is 1.18. The Morgan fingerprint density at radius 3 is 3.00 bits per heavy atom. The molecule has 2 rings (SSSR count). The van der Waals surface area contributed by atoms with Gasteiger partial charge >= 0.3 is 0 Å². The van der Waals surface area contributed by atoms with Gasteiger partial charge in [0.2, 0.25) is 11.8 Å². The molecule has 2 aromatic rings. The lowest BCUT2D eigenvalue weighted by Crippen LogP contribution is -2.05. The second-order valence-electron chi connectivity index (χ2n) is 3.28. The van der Waals surface area contributed by atoms with Gasteiger partial charge in [0.1, 0.15) is 6.54 Å². The Morgan fingerprint density at radius 1 is 1.47 bits per heavy atom. The van der Waals surface area contributed by atoms with Crippen molar-refractivity contribution >= 4 is 0 Å². The minimum atomic E-state index is 0.567. The molecule has 2 heterocycles. The average molecular weight is 207 g/mol. The highest BCUT2D eigenvalue weighted by Crippen LogP contribution is 2.02. The summed E-state index contributed by atoms with van der Waals surface area (Å²) in [5, 5.41) is 10.7. The fourth-order valence-corrected chi connectivity index (χ4v) is 1.32. The van der Waals surface area contributed by atoms with Crippen molar-refractivity contribution < 1.29 is 4.42 Å². The van der Waals surface area contributed by atoms with Gasteiger partial charge in [-0.05, 0) is 7.05 Å². The molecule has 1 N–H and O–H groups in total. The van der Waals surface area contributed by atoms with Crippen LogP contribution >= 0.6 is 0 Å². The average Bonchev–Trinajstić information content (AvgIpc) is 2.78. The van der Waals surface area contributed by atoms with Gasteiger partial charge in [0.25, 0.3) is 0 Å². The molecule has 0 saturated heterocycles. The molecule has 0 radical (unpaired) electrons. The summed E-state index contributed by atoms with van der Waals surface area (Å²) in [6.07, 6.45) is 3.71. The van der Waals surface area contributed by atoms with Gasteiger partial charge in [-0.3, -0.25) is 0 Å². The van der Waals surface area contributed by atoms with Gasteiger partial charge < -0.3 is 14.3 Å². The Kier molecular flexibility index (Phi) is 2.77. The van der Waals surface area contributed by atoms with Crippen molar-refractivity contribution in [3.8, 4) is 0 Å². The summed E-state index contributed by atoms with van der Waals surface area (Å²) < 4.78 is 7.19. The lowest BCUT2D eigenvalue weighted by atomic mass is 10.5. The summed E-state index contributed by atoms with van der Waals surface area (Å²) in [5.41, 5.74) is 0.994. The standard InChI is InChI=1S/C9H13N5O/c1-7-12-13-9(15-7)5-14-4-8(3-10-2)11-6-14/h4,6,10H,3,5H2,1-2H3. The Bertz CT molecular complexity index is 433. The minimum Gasteiger partial charge on any atom is -0.424 e. The molecule has 0 bridgehead atoms. The van der Waals surface area contributed by atoms with Crippen molar-refractivity contribution in [2.75, 3.05) is 7.05 Å². The first-order valence-corrected chi connectivity index (χ1v) is 4.72. The predicted molar refractivity (Wildman–Crippen MR) is 53.1 cm³/mol. The van der Waals surface area contributed by atoms with Crippen molar-refractivity contribution in [1.82, 2.24) is 25.1 Å². The van der Waals surface area contributed by atoms with Crippen molar-refractivity contribution in [3.05, 3.63) is 30.0 Å². The van der Waals surface area contributed by atoms with Crippen molar-refractivity contribution in [3.63, 3.8) is 0 Å². The van der Waals surface area contributed by atoms with E-state index in [1.54, 1.807) is 13.3 Å². The first kappa shape index (κ1) is 9.85. The van der Waals surface area contributed by atoms with E-state index in [1.807, 2.05) is 17.8 Å². The summed E-state index contributed by atoms with van der Waals surface area (Å²) >= 11 is 0. The molecule has 80 valence electrons. The molecule has 0 spiro atoms. The Morgan fingerprint density at radius 2 is 2.33 bits per heavy atom. The van der Waals surface area contributed by atoms with E-state index in [0.717, 1.165) is 12.2 Å². The van der Waals surface area contributed by atoms with Crippen LogP contribution in [-0.2, 0) is 13.1 Å². The van der Waals surface area contributed by atoms with Gasteiger partial charge in [-0.1, -0.05) is 0 Å². The van der Waals surface area contributed by atoms with Crippen LogP contribution in [0.3, 0.4) is 0 Å². The van der Waals surface area contributed by atoms with Crippen molar-refractivity contribution in [1.29, 1.82) is 0 Å². The van der Waals surface area contributed by atoms with Crippen molar-refractivity contribution in [2.24, 2.45) is 0 Å². The van der Waals surface area contributed by atoms with Crippen LogP contribution in [0.5, 0.6) is 0 Å². The first-order chi connectivity index (χ1) is 7.28. The van der Waals surface area contributed by atoms with Crippen LogP contribution in [0.1, 0.15) is 17.5 Å². The number of rotatable bonds is 4. The topological polar surface area (TPSA) is 68.8 Å². The lowest BCUT2D eigenvalue weighted by Gasteiger charge is -1.95. The van der Waals surface area contributed by atoms with E-state index in [1.165, 1.54) is 0 Å². The Labute approximate surface area is 87.3 Å². The van der Waals surface area contributed by atoms with Crippen LogP contribution in [0.4, 0.5) is 0 Å². The van der Waals surface area contributed by atoms with Crippen LogP contribution in [0.25, 0.3) is 0 Å². The van der Waals surface area contributed by atoms with Gasteiger partial charge in [-0.15, -0.1) is 10.2 Å². The largest absolute Gasteiger partial charge is 0.424 e. The molecule has 0 atom stereocenters. The minimum absolute atomic E-state index is 0.567. The number of hydrogen-bond acceptors (Lipinski definition) is 5. The maximum Gasteiger partial charge on any atom is 0.236 e. The number of nitrogens with one attached hydrogen (secondary N) is 1. The van der Waals surface area contributed by atoms with E-state index in [2.05, 4.69) is 20.5 Å². The van der Waals surface area contributed by atoms with Gasteiger partial charge in [-0.25, -0.2) is 4.98 Å². The number of nitrogens with zero attached hydrogens (tertiary/aromatic N) is 4. The first-order valence-electron chi connectivity index (χ1n) is 4.72. The molecule has 0 saturated carbocycles. The summed E-state index contributed by atoms with van der Waals surface area (Å²) in [4.78, 5) is 4.22. The van der Waals surface area contributed by atoms with Crippen LogP contribution in [0.15, 0.2) is 16.9 Å². The molecule has 0 aliphatic heterocycles. The summed E-state index contributed by atoms with van der Waals surface area (Å²) in [6, 6.07) is 0. The third-order valence-corrected chi connectivity index (χ3v) is 1.93. The maximum atomic E-state index is 5.27. The normalized spacial score (nSPS) is 10.8. The summed E-state index contributed by atoms with van der Waals surface area (Å²) in [7, 11) is 1.89. The fraction of sp³-hybridized carbons (Fsp3) is 0.444. The van der Waals surface area contributed by atoms with E-state index < -0.39 is 0 Å². The van der Waals surface area contributed by atoms with E-state index in [0.29, 0.717) is 18.3 Å². The van der Waals surface area contributed by atoms with Gasteiger partial charge in [0.05, 0.1) is 12.0 Å². The number of aryl methyl sites for hydroxylation is 1. The molecule has 0 unspecified atom stereocenters. The zero-order chi connectivity index (χ0) is 10.7. The summed E-state index contributed by atoms with van der Waals surface area (Å²) in [6.45, 7) is 3.10. The Hall–Kier alpha value is -1.69.